The van der Waals surface area contributed by atoms with E-state index in [0.717, 1.165) is 0 Å². The fourth-order valence-electron chi connectivity index (χ4n) is 2.71. The van der Waals surface area contributed by atoms with Crippen molar-refractivity contribution in [2.24, 2.45) is 0 Å². The standard InChI is InChI=1S/C16H12N6O4S/c23-21(24)9-1-3-11-13(5-9)19-15(17-11)7-27-8-16-18-12-4-2-10(22(25)26)6-14(12)20-16/h1-6H,7-8H2,(H,17,19)(H,18,20). The first kappa shape index (κ1) is 17.0. The molecule has 2 heterocycles. The molecule has 10 nitrogen and oxygen atoms in total. The summed E-state index contributed by atoms with van der Waals surface area (Å²) >= 11 is 1.56. The van der Waals surface area contributed by atoms with E-state index >= 15 is 0 Å². The van der Waals surface area contributed by atoms with Gasteiger partial charge in [0.1, 0.15) is 11.6 Å². The molecule has 27 heavy (non-hydrogen) atoms. The van der Waals surface area contributed by atoms with Crippen molar-refractivity contribution in [2.45, 2.75) is 11.5 Å². The minimum absolute atomic E-state index is 0.0155. The molecule has 0 radical (unpaired) electrons. The summed E-state index contributed by atoms with van der Waals surface area (Å²) < 4.78 is 0. The third-order valence-corrected chi connectivity index (χ3v) is 4.88. The second-order valence-electron chi connectivity index (χ2n) is 5.78. The molecule has 136 valence electrons. The zero-order valence-corrected chi connectivity index (χ0v) is 14.5. The Morgan fingerprint density at radius 2 is 1.26 bits per heavy atom. The number of non-ortho nitro benzene ring substituents is 2. The fourth-order valence-corrected chi connectivity index (χ4v) is 3.47. The van der Waals surface area contributed by atoms with Crippen LogP contribution in [0, 0.1) is 20.2 Å². The molecular weight excluding hydrogens is 372 g/mol. The summed E-state index contributed by atoms with van der Waals surface area (Å²) in [5.41, 5.74) is 2.62. The van der Waals surface area contributed by atoms with Crippen LogP contribution in [0.3, 0.4) is 0 Å². The number of aromatic nitrogens is 4. The molecule has 0 aliphatic heterocycles. The Morgan fingerprint density at radius 3 is 1.67 bits per heavy atom. The predicted octanol–water partition coefficient (Wildman–Crippen LogP) is 3.69. The van der Waals surface area contributed by atoms with Crippen molar-refractivity contribution in [2.75, 3.05) is 0 Å². The van der Waals surface area contributed by atoms with Gasteiger partial charge in [-0.15, -0.1) is 11.8 Å². The molecule has 0 unspecified atom stereocenters. The summed E-state index contributed by atoms with van der Waals surface area (Å²) in [7, 11) is 0. The molecule has 2 N–H and O–H groups in total. The summed E-state index contributed by atoms with van der Waals surface area (Å²) in [5, 5.41) is 21.7. The molecule has 4 rings (SSSR count). The van der Waals surface area contributed by atoms with E-state index in [4.69, 9.17) is 0 Å². The van der Waals surface area contributed by atoms with E-state index in [9.17, 15) is 20.2 Å². The van der Waals surface area contributed by atoms with E-state index in [0.29, 0.717) is 45.2 Å². The van der Waals surface area contributed by atoms with Crippen molar-refractivity contribution < 1.29 is 9.85 Å². The monoisotopic (exact) mass is 384 g/mol. The van der Waals surface area contributed by atoms with Crippen molar-refractivity contribution in [3.63, 3.8) is 0 Å². The molecule has 0 fully saturated rings. The quantitative estimate of drug-likeness (QED) is 0.381. The van der Waals surface area contributed by atoms with Gasteiger partial charge in [-0.05, 0) is 12.1 Å². The third kappa shape index (κ3) is 3.44. The summed E-state index contributed by atoms with van der Waals surface area (Å²) in [5.74, 6) is 2.56. The number of H-pyrrole nitrogens is 2. The van der Waals surface area contributed by atoms with Crippen LogP contribution in [0.5, 0.6) is 0 Å². The number of benzene rings is 2. The molecule has 0 spiro atoms. The summed E-state index contributed by atoms with van der Waals surface area (Å²) in [6.45, 7) is 0. The molecule has 11 heteroatoms. The van der Waals surface area contributed by atoms with E-state index in [2.05, 4.69) is 19.9 Å². The van der Waals surface area contributed by atoms with Gasteiger partial charge in [-0.2, -0.15) is 0 Å². The second kappa shape index (κ2) is 6.68. The van der Waals surface area contributed by atoms with E-state index in [1.165, 1.54) is 24.3 Å². The van der Waals surface area contributed by atoms with Gasteiger partial charge in [-0.25, -0.2) is 9.97 Å². The highest BCUT2D eigenvalue weighted by Gasteiger charge is 2.11. The van der Waals surface area contributed by atoms with Crippen molar-refractivity contribution >= 4 is 45.2 Å². The lowest BCUT2D eigenvalue weighted by Gasteiger charge is -1.95. The minimum Gasteiger partial charge on any atom is -0.341 e. The second-order valence-corrected chi connectivity index (χ2v) is 6.76. The van der Waals surface area contributed by atoms with Crippen LogP contribution in [0.4, 0.5) is 11.4 Å². The highest BCUT2D eigenvalue weighted by molar-refractivity contribution is 7.97. The fraction of sp³-hybridized carbons (Fsp3) is 0.125. The third-order valence-electron chi connectivity index (χ3n) is 3.93. The maximum atomic E-state index is 10.8. The molecule has 2 aromatic carbocycles. The number of imidazole rings is 2. The Hall–Kier alpha value is -3.47. The highest BCUT2D eigenvalue weighted by atomic mass is 32.2. The number of aromatic amines is 2. The van der Waals surface area contributed by atoms with Crippen LogP contribution < -0.4 is 0 Å². The smallest absolute Gasteiger partial charge is 0.271 e. The van der Waals surface area contributed by atoms with Gasteiger partial charge in [0.2, 0.25) is 0 Å². The molecule has 0 atom stereocenters. The van der Waals surface area contributed by atoms with Gasteiger partial charge in [0, 0.05) is 24.3 Å². The number of fused-ring (bicyclic) bond motifs is 2. The van der Waals surface area contributed by atoms with Crippen LogP contribution in [0.1, 0.15) is 11.6 Å². The molecule has 0 bridgehead atoms. The van der Waals surface area contributed by atoms with Crippen LogP contribution in [0.2, 0.25) is 0 Å². The topological polar surface area (TPSA) is 144 Å². The number of thioether (sulfide) groups is 1. The Labute approximate surface area is 155 Å². The zero-order valence-electron chi connectivity index (χ0n) is 13.7. The minimum atomic E-state index is -0.444. The molecule has 4 aromatic rings. The van der Waals surface area contributed by atoms with Crippen LogP contribution in [0.15, 0.2) is 36.4 Å². The lowest BCUT2D eigenvalue weighted by Crippen LogP contribution is -1.87. The summed E-state index contributed by atoms with van der Waals surface area (Å²) in [6, 6.07) is 9.00. The first-order valence-electron chi connectivity index (χ1n) is 7.83. The number of hydrogen-bond donors (Lipinski definition) is 2. The molecule has 0 saturated heterocycles. The molecule has 0 saturated carbocycles. The number of nitro groups is 2. The molecule has 0 aliphatic carbocycles. The molecule has 2 aromatic heterocycles. The molecule has 0 amide bonds. The van der Waals surface area contributed by atoms with Gasteiger partial charge in [0.05, 0.1) is 43.4 Å². The van der Waals surface area contributed by atoms with Gasteiger partial charge in [0.15, 0.2) is 0 Å². The Kier molecular flexibility index (Phi) is 4.20. The predicted molar refractivity (Wildman–Crippen MR) is 100 cm³/mol. The normalized spacial score (nSPS) is 11.3. The van der Waals surface area contributed by atoms with E-state index in [-0.39, 0.29) is 11.4 Å². The number of nitro benzene ring substituents is 2. The maximum absolute atomic E-state index is 10.8. The average molecular weight is 384 g/mol. The SMILES string of the molecule is O=[N+]([O-])c1ccc2nc(CSCc3nc4ccc([N+](=O)[O-])cc4[nH]3)[nH]c2c1. The number of nitrogens with one attached hydrogen (secondary N) is 2. The number of rotatable bonds is 6. The lowest BCUT2D eigenvalue weighted by molar-refractivity contribution is -0.384. The lowest BCUT2D eigenvalue weighted by atomic mass is 10.3. The van der Waals surface area contributed by atoms with Gasteiger partial charge in [-0.1, -0.05) is 0 Å². The van der Waals surface area contributed by atoms with Gasteiger partial charge in [0.25, 0.3) is 11.4 Å². The number of hydrogen-bond acceptors (Lipinski definition) is 7. The number of nitrogens with zero attached hydrogens (tertiary/aromatic N) is 4. The largest absolute Gasteiger partial charge is 0.341 e. The highest BCUT2D eigenvalue weighted by Crippen LogP contribution is 2.23. The Balaban J connectivity index is 1.44. The van der Waals surface area contributed by atoms with E-state index < -0.39 is 9.85 Å². The Bertz CT molecular complexity index is 1090. The van der Waals surface area contributed by atoms with Crippen molar-refractivity contribution in [3.8, 4) is 0 Å². The van der Waals surface area contributed by atoms with Crippen molar-refractivity contribution in [1.82, 2.24) is 19.9 Å². The van der Waals surface area contributed by atoms with Crippen LogP contribution in [0.25, 0.3) is 22.1 Å². The average Bonchev–Trinajstić information content (AvgIpc) is 3.22. The van der Waals surface area contributed by atoms with Gasteiger partial charge >= 0.3 is 0 Å². The van der Waals surface area contributed by atoms with Crippen molar-refractivity contribution in [3.05, 3.63) is 68.3 Å². The Morgan fingerprint density at radius 1 is 0.815 bits per heavy atom. The van der Waals surface area contributed by atoms with Crippen LogP contribution >= 0.6 is 11.8 Å². The van der Waals surface area contributed by atoms with E-state index in [1.54, 1.807) is 23.9 Å². The van der Waals surface area contributed by atoms with Crippen LogP contribution in [-0.4, -0.2) is 29.8 Å². The molecule has 0 aliphatic rings. The summed E-state index contributed by atoms with van der Waals surface area (Å²) in [4.78, 5) is 35.8. The van der Waals surface area contributed by atoms with Gasteiger partial charge in [-0.3, -0.25) is 20.2 Å². The first-order chi connectivity index (χ1) is 13.0. The summed E-state index contributed by atoms with van der Waals surface area (Å²) in [6.07, 6.45) is 0. The zero-order chi connectivity index (χ0) is 19.0. The van der Waals surface area contributed by atoms with Crippen molar-refractivity contribution in [1.29, 1.82) is 0 Å². The maximum Gasteiger partial charge on any atom is 0.271 e. The molecular formula is C16H12N6O4S. The van der Waals surface area contributed by atoms with Gasteiger partial charge < -0.3 is 9.97 Å². The first-order valence-corrected chi connectivity index (χ1v) is 8.99. The van der Waals surface area contributed by atoms with E-state index in [1.807, 2.05) is 0 Å². The van der Waals surface area contributed by atoms with Crippen LogP contribution in [-0.2, 0) is 11.5 Å².